The van der Waals surface area contributed by atoms with Gasteiger partial charge in [-0.15, -0.1) is 11.8 Å². The molecule has 2 aliphatic rings. The second kappa shape index (κ2) is 8.23. The Balaban J connectivity index is 1.38. The van der Waals surface area contributed by atoms with Crippen LogP contribution in [-0.2, 0) is 17.0 Å². The van der Waals surface area contributed by atoms with Gasteiger partial charge in [-0.1, -0.05) is 6.07 Å². The monoisotopic (exact) mass is 419 g/mol. The third-order valence-electron chi connectivity index (χ3n) is 5.47. The lowest BCUT2D eigenvalue weighted by molar-refractivity contribution is -0.132. The van der Waals surface area contributed by atoms with E-state index in [0.717, 1.165) is 29.4 Å². The molecule has 0 radical (unpaired) electrons. The van der Waals surface area contributed by atoms with Crippen LogP contribution in [0.2, 0.25) is 0 Å². The molecule has 1 saturated heterocycles. The zero-order valence-corrected chi connectivity index (χ0v) is 17.0. The summed E-state index contributed by atoms with van der Waals surface area (Å²) in [6.45, 7) is 4.60. The van der Waals surface area contributed by atoms with E-state index in [-0.39, 0.29) is 12.3 Å². The highest BCUT2D eigenvalue weighted by atomic mass is 32.2. The number of nitrogens with zero attached hydrogens (tertiary/aromatic N) is 4. The maximum Gasteiger partial charge on any atom is 0.239 e. The number of nitrogens with two attached hydrogens (primary N) is 1. The Morgan fingerprint density at radius 3 is 2.72 bits per heavy atom. The minimum atomic E-state index is -0.930. The third-order valence-corrected chi connectivity index (χ3v) is 6.65. The van der Waals surface area contributed by atoms with E-state index < -0.39 is 17.7 Å². The van der Waals surface area contributed by atoms with E-state index in [4.69, 9.17) is 5.73 Å². The van der Waals surface area contributed by atoms with Crippen LogP contribution in [0.15, 0.2) is 24.5 Å². The van der Waals surface area contributed by atoms with Crippen molar-refractivity contribution in [2.45, 2.75) is 30.4 Å². The summed E-state index contributed by atoms with van der Waals surface area (Å²) >= 11 is 1.86. The summed E-state index contributed by atoms with van der Waals surface area (Å²) in [6.07, 6.45) is 1.78. The van der Waals surface area contributed by atoms with Gasteiger partial charge in [-0.05, 0) is 31.0 Å². The minimum Gasteiger partial charge on any atom is -0.353 e. The van der Waals surface area contributed by atoms with Crippen molar-refractivity contribution >= 4 is 23.5 Å². The Hall–Kier alpha value is -2.26. The van der Waals surface area contributed by atoms with Crippen LogP contribution in [0.1, 0.15) is 29.0 Å². The summed E-state index contributed by atoms with van der Waals surface area (Å²) in [5.74, 6) is -0.144. The number of rotatable bonds is 4. The van der Waals surface area contributed by atoms with E-state index in [1.54, 1.807) is 11.2 Å². The number of anilines is 1. The molecule has 154 valence electrons. The number of carbonyl (C=O) groups is 1. The SMILES string of the molecule is C[C@H]1SCc2ncnc(N3CCN(C(=O)[C@H](N)Cc4ccc(F)c(F)c4)CC3)c21. The van der Waals surface area contributed by atoms with Gasteiger partial charge >= 0.3 is 0 Å². The molecule has 1 aromatic heterocycles. The first kappa shape index (κ1) is 20.0. The van der Waals surface area contributed by atoms with Gasteiger partial charge in [0, 0.05) is 42.7 Å². The number of aromatic nitrogens is 2. The number of carbonyl (C=O) groups excluding carboxylic acids is 1. The Bertz CT molecular complexity index is 920. The van der Waals surface area contributed by atoms with Crippen LogP contribution in [0.25, 0.3) is 0 Å². The molecule has 9 heteroatoms. The molecule has 1 aromatic carbocycles. The largest absolute Gasteiger partial charge is 0.353 e. The maximum absolute atomic E-state index is 13.4. The van der Waals surface area contributed by atoms with Crippen LogP contribution in [-0.4, -0.2) is 53.0 Å². The van der Waals surface area contributed by atoms with E-state index in [9.17, 15) is 13.6 Å². The molecule has 1 amide bonds. The molecule has 2 aliphatic heterocycles. The lowest BCUT2D eigenvalue weighted by Gasteiger charge is -2.37. The number of hydrogen-bond acceptors (Lipinski definition) is 6. The Morgan fingerprint density at radius 1 is 1.24 bits per heavy atom. The molecule has 29 heavy (non-hydrogen) atoms. The molecule has 0 saturated carbocycles. The number of fused-ring (bicyclic) bond motifs is 1. The molecule has 1 fully saturated rings. The molecule has 0 aliphatic carbocycles. The highest BCUT2D eigenvalue weighted by Crippen LogP contribution is 2.44. The van der Waals surface area contributed by atoms with Crippen LogP contribution in [0.4, 0.5) is 14.6 Å². The molecule has 6 nitrogen and oxygen atoms in total. The predicted octanol–water partition coefficient (Wildman–Crippen LogP) is 2.28. The summed E-state index contributed by atoms with van der Waals surface area (Å²) in [5, 5.41) is 0.366. The molecule has 4 rings (SSSR count). The van der Waals surface area contributed by atoms with Crippen molar-refractivity contribution in [3.05, 3.63) is 53.0 Å². The molecule has 2 atom stereocenters. The van der Waals surface area contributed by atoms with Crippen molar-refractivity contribution in [2.24, 2.45) is 5.73 Å². The maximum atomic E-state index is 13.4. The fourth-order valence-electron chi connectivity index (χ4n) is 3.87. The zero-order valence-electron chi connectivity index (χ0n) is 16.1. The van der Waals surface area contributed by atoms with E-state index in [2.05, 4.69) is 21.8 Å². The van der Waals surface area contributed by atoms with Crippen molar-refractivity contribution < 1.29 is 13.6 Å². The summed E-state index contributed by atoms with van der Waals surface area (Å²) in [7, 11) is 0. The van der Waals surface area contributed by atoms with Gasteiger partial charge in [0.1, 0.15) is 12.1 Å². The lowest BCUT2D eigenvalue weighted by atomic mass is 10.0. The number of amides is 1. The van der Waals surface area contributed by atoms with Crippen molar-refractivity contribution in [3.8, 4) is 0 Å². The number of hydrogen-bond donors (Lipinski definition) is 1. The van der Waals surface area contributed by atoms with E-state index in [1.165, 1.54) is 11.6 Å². The standard InChI is InChI=1S/C20H23F2N5OS/c1-12-18-17(10-29-12)24-11-25-19(18)26-4-6-27(7-5-26)20(28)16(23)9-13-2-3-14(21)15(22)8-13/h2-3,8,11-12,16H,4-7,9-10,23H2,1H3/t12-,16-/m1/s1. The van der Waals surface area contributed by atoms with Gasteiger partial charge in [0.05, 0.1) is 11.7 Å². The number of benzene rings is 1. The second-order valence-corrected chi connectivity index (χ2v) is 8.71. The Labute approximate surface area is 172 Å². The third kappa shape index (κ3) is 4.06. The molecular weight excluding hydrogens is 396 g/mol. The highest BCUT2D eigenvalue weighted by molar-refractivity contribution is 7.99. The van der Waals surface area contributed by atoms with Crippen LogP contribution in [0.5, 0.6) is 0 Å². The van der Waals surface area contributed by atoms with E-state index in [0.29, 0.717) is 37.0 Å². The van der Waals surface area contributed by atoms with E-state index in [1.807, 2.05) is 11.8 Å². The van der Waals surface area contributed by atoms with Gasteiger partial charge in [-0.3, -0.25) is 4.79 Å². The first-order valence-electron chi connectivity index (χ1n) is 9.62. The molecule has 0 unspecified atom stereocenters. The number of piperazine rings is 1. The average Bonchev–Trinajstić information content (AvgIpc) is 3.11. The van der Waals surface area contributed by atoms with Crippen molar-refractivity contribution in [1.29, 1.82) is 0 Å². The van der Waals surface area contributed by atoms with Crippen molar-refractivity contribution in [2.75, 3.05) is 31.1 Å². The minimum absolute atomic E-state index is 0.171. The number of thioether (sulfide) groups is 1. The quantitative estimate of drug-likeness (QED) is 0.820. The molecule has 0 bridgehead atoms. The van der Waals surface area contributed by atoms with Gasteiger partial charge in [-0.2, -0.15) is 0 Å². The summed E-state index contributed by atoms with van der Waals surface area (Å²) < 4.78 is 26.5. The smallest absolute Gasteiger partial charge is 0.239 e. The normalized spacial score (nSPS) is 19.9. The van der Waals surface area contributed by atoms with Crippen molar-refractivity contribution in [3.63, 3.8) is 0 Å². The van der Waals surface area contributed by atoms with E-state index >= 15 is 0 Å². The summed E-state index contributed by atoms with van der Waals surface area (Å²) in [6, 6.07) is 2.82. The lowest BCUT2D eigenvalue weighted by Crippen LogP contribution is -2.54. The summed E-state index contributed by atoms with van der Waals surface area (Å²) in [5.41, 5.74) is 8.87. The highest BCUT2D eigenvalue weighted by Gasteiger charge is 2.31. The van der Waals surface area contributed by atoms with Gasteiger partial charge in [0.25, 0.3) is 0 Å². The fraction of sp³-hybridized carbons (Fsp3) is 0.450. The first-order chi connectivity index (χ1) is 13.9. The van der Waals surface area contributed by atoms with Gasteiger partial charge in [0.2, 0.25) is 5.91 Å². The van der Waals surface area contributed by atoms with Gasteiger partial charge in [0.15, 0.2) is 11.6 Å². The average molecular weight is 420 g/mol. The zero-order chi connectivity index (χ0) is 20.5. The molecular formula is C20H23F2N5OS. The van der Waals surface area contributed by atoms with Crippen LogP contribution >= 0.6 is 11.8 Å². The first-order valence-corrected chi connectivity index (χ1v) is 10.7. The fourth-order valence-corrected chi connectivity index (χ4v) is 4.92. The topological polar surface area (TPSA) is 75.4 Å². The van der Waals surface area contributed by atoms with Crippen molar-refractivity contribution in [1.82, 2.24) is 14.9 Å². The van der Waals surface area contributed by atoms with Crippen LogP contribution in [0, 0.1) is 11.6 Å². The second-order valence-electron chi connectivity index (χ2n) is 7.38. The van der Waals surface area contributed by atoms with Gasteiger partial charge < -0.3 is 15.5 Å². The van der Waals surface area contributed by atoms with Crippen LogP contribution in [0.3, 0.4) is 0 Å². The molecule has 2 N–H and O–H groups in total. The summed E-state index contributed by atoms with van der Waals surface area (Å²) in [4.78, 5) is 25.6. The molecule has 2 aromatic rings. The molecule has 3 heterocycles. The van der Waals surface area contributed by atoms with Gasteiger partial charge in [-0.25, -0.2) is 18.7 Å². The molecule has 0 spiro atoms. The predicted molar refractivity (Wildman–Crippen MR) is 109 cm³/mol. The number of halogens is 2. The van der Waals surface area contributed by atoms with Crippen LogP contribution < -0.4 is 10.6 Å². The Kier molecular flexibility index (Phi) is 5.69. The Morgan fingerprint density at radius 2 is 2.00 bits per heavy atom.